The largest absolute Gasteiger partial charge is 0.486 e. The SMILES string of the molecule is NNc1nc(N)cc(OCc2ccc3ccccc3c2)c1N. The normalized spacial score (nSPS) is 10.6. The molecule has 0 amide bonds. The van der Waals surface area contributed by atoms with Gasteiger partial charge < -0.3 is 21.6 Å². The first-order valence-corrected chi connectivity index (χ1v) is 6.80. The van der Waals surface area contributed by atoms with Crippen LogP contribution in [0.3, 0.4) is 0 Å². The molecule has 6 heteroatoms. The highest BCUT2D eigenvalue weighted by Gasteiger charge is 2.09. The molecule has 1 heterocycles. The number of benzene rings is 2. The topological polar surface area (TPSA) is 112 Å². The Morgan fingerprint density at radius 3 is 2.55 bits per heavy atom. The van der Waals surface area contributed by atoms with E-state index in [0.29, 0.717) is 23.9 Å². The molecule has 0 fully saturated rings. The highest BCUT2D eigenvalue weighted by atomic mass is 16.5. The number of ether oxygens (including phenoxy) is 1. The maximum Gasteiger partial charge on any atom is 0.169 e. The molecule has 0 aliphatic heterocycles. The van der Waals surface area contributed by atoms with Crippen molar-refractivity contribution in [2.45, 2.75) is 6.61 Å². The van der Waals surface area contributed by atoms with E-state index in [9.17, 15) is 0 Å². The summed E-state index contributed by atoms with van der Waals surface area (Å²) < 4.78 is 5.75. The summed E-state index contributed by atoms with van der Waals surface area (Å²) in [7, 11) is 0. The highest BCUT2D eigenvalue weighted by Crippen LogP contribution is 2.30. The maximum atomic E-state index is 5.93. The number of pyridine rings is 1. The van der Waals surface area contributed by atoms with Gasteiger partial charge in [-0.15, -0.1) is 0 Å². The number of nitrogens with two attached hydrogens (primary N) is 3. The molecule has 0 atom stereocenters. The zero-order chi connectivity index (χ0) is 15.5. The molecule has 0 saturated heterocycles. The van der Waals surface area contributed by atoms with E-state index >= 15 is 0 Å². The Balaban J connectivity index is 1.83. The van der Waals surface area contributed by atoms with Crippen LogP contribution < -0.4 is 27.5 Å². The van der Waals surface area contributed by atoms with E-state index < -0.39 is 0 Å². The first-order valence-electron chi connectivity index (χ1n) is 6.80. The Morgan fingerprint density at radius 1 is 1.00 bits per heavy atom. The van der Waals surface area contributed by atoms with Gasteiger partial charge in [0.15, 0.2) is 5.82 Å². The number of aromatic nitrogens is 1. The molecule has 7 N–H and O–H groups in total. The summed E-state index contributed by atoms with van der Waals surface area (Å²) in [6, 6.07) is 15.9. The predicted molar refractivity (Wildman–Crippen MR) is 89.2 cm³/mol. The Morgan fingerprint density at radius 2 is 1.77 bits per heavy atom. The Hall–Kier alpha value is -2.99. The third kappa shape index (κ3) is 2.72. The van der Waals surface area contributed by atoms with E-state index in [-0.39, 0.29) is 5.82 Å². The van der Waals surface area contributed by atoms with E-state index in [1.807, 2.05) is 18.2 Å². The molecule has 22 heavy (non-hydrogen) atoms. The minimum atomic E-state index is 0.288. The minimum absolute atomic E-state index is 0.288. The lowest BCUT2D eigenvalue weighted by Gasteiger charge is -2.12. The summed E-state index contributed by atoms with van der Waals surface area (Å²) in [4.78, 5) is 3.98. The van der Waals surface area contributed by atoms with Crippen molar-refractivity contribution < 1.29 is 4.74 Å². The molecule has 3 aromatic rings. The van der Waals surface area contributed by atoms with Crippen molar-refractivity contribution in [3.8, 4) is 5.75 Å². The fourth-order valence-corrected chi connectivity index (χ4v) is 2.27. The Labute approximate surface area is 127 Å². The fourth-order valence-electron chi connectivity index (χ4n) is 2.27. The first-order chi connectivity index (χ1) is 10.7. The van der Waals surface area contributed by atoms with Crippen LogP contribution in [0.1, 0.15) is 5.56 Å². The van der Waals surface area contributed by atoms with Gasteiger partial charge in [-0.3, -0.25) is 0 Å². The van der Waals surface area contributed by atoms with Crippen molar-refractivity contribution in [1.82, 2.24) is 4.98 Å². The van der Waals surface area contributed by atoms with E-state index in [1.165, 1.54) is 5.39 Å². The van der Waals surface area contributed by atoms with E-state index in [4.69, 9.17) is 22.0 Å². The molecule has 0 radical (unpaired) electrons. The Kier molecular flexibility index (Phi) is 3.67. The molecule has 0 spiro atoms. The predicted octanol–water partition coefficient (Wildman–Crippen LogP) is 2.26. The van der Waals surface area contributed by atoms with Gasteiger partial charge in [0.25, 0.3) is 0 Å². The second-order valence-corrected chi connectivity index (χ2v) is 4.92. The smallest absolute Gasteiger partial charge is 0.169 e. The molecule has 0 aliphatic rings. The summed E-state index contributed by atoms with van der Waals surface area (Å²) in [6.07, 6.45) is 0. The number of hydrogen-bond donors (Lipinski definition) is 4. The molecule has 112 valence electrons. The average molecular weight is 295 g/mol. The van der Waals surface area contributed by atoms with Crippen LogP contribution in [0.5, 0.6) is 5.75 Å². The van der Waals surface area contributed by atoms with Crippen LogP contribution in [0.2, 0.25) is 0 Å². The lowest BCUT2D eigenvalue weighted by atomic mass is 10.1. The number of hydrazine groups is 1. The number of rotatable bonds is 4. The van der Waals surface area contributed by atoms with Crippen LogP contribution in [0.4, 0.5) is 17.3 Å². The summed E-state index contributed by atoms with van der Waals surface area (Å²) >= 11 is 0. The summed E-state index contributed by atoms with van der Waals surface area (Å²) in [6.45, 7) is 0.377. The van der Waals surface area contributed by atoms with Gasteiger partial charge >= 0.3 is 0 Å². The summed E-state index contributed by atoms with van der Waals surface area (Å²) in [5.41, 5.74) is 15.4. The standard InChI is InChI=1S/C16H17N5O/c17-14-8-13(15(18)16(20-14)21-19)22-9-10-5-6-11-3-1-2-4-12(11)7-10/h1-8H,9,18-19H2,(H3,17,20,21). The quantitative estimate of drug-likeness (QED) is 0.434. The third-order valence-electron chi connectivity index (χ3n) is 3.39. The number of anilines is 3. The van der Waals surface area contributed by atoms with Crippen molar-refractivity contribution in [1.29, 1.82) is 0 Å². The number of nitrogens with zero attached hydrogens (tertiary/aromatic N) is 1. The molecule has 6 nitrogen and oxygen atoms in total. The van der Waals surface area contributed by atoms with Crippen LogP contribution in [-0.4, -0.2) is 4.98 Å². The number of nitrogen functional groups attached to an aromatic ring is 3. The van der Waals surface area contributed by atoms with Gasteiger partial charge in [0.1, 0.15) is 23.9 Å². The van der Waals surface area contributed by atoms with Gasteiger partial charge in [0.2, 0.25) is 0 Å². The number of fused-ring (bicyclic) bond motifs is 1. The van der Waals surface area contributed by atoms with E-state index in [2.05, 4.69) is 34.7 Å². The van der Waals surface area contributed by atoms with E-state index in [0.717, 1.165) is 10.9 Å². The van der Waals surface area contributed by atoms with Crippen molar-refractivity contribution in [3.05, 3.63) is 54.1 Å². The lowest BCUT2D eigenvalue weighted by Crippen LogP contribution is -2.13. The van der Waals surface area contributed by atoms with Crippen LogP contribution in [-0.2, 0) is 6.61 Å². The molecule has 0 unspecified atom stereocenters. The van der Waals surface area contributed by atoms with Crippen LogP contribution in [0.15, 0.2) is 48.5 Å². The zero-order valence-corrected chi connectivity index (χ0v) is 11.9. The number of hydrogen-bond acceptors (Lipinski definition) is 6. The molecule has 1 aromatic heterocycles. The van der Waals surface area contributed by atoms with Crippen molar-refractivity contribution >= 4 is 28.1 Å². The van der Waals surface area contributed by atoms with Crippen molar-refractivity contribution in [2.75, 3.05) is 16.9 Å². The molecule has 2 aromatic carbocycles. The van der Waals surface area contributed by atoms with Gasteiger partial charge in [0.05, 0.1) is 0 Å². The minimum Gasteiger partial charge on any atom is -0.486 e. The molecular formula is C16H17N5O. The van der Waals surface area contributed by atoms with Crippen molar-refractivity contribution in [2.24, 2.45) is 5.84 Å². The molecule has 3 rings (SSSR count). The molecule has 0 aliphatic carbocycles. The van der Waals surface area contributed by atoms with Crippen molar-refractivity contribution in [3.63, 3.8) is 0 Å². The summed E-state index contributed by atoms with van der Waals surface area (Å²) in [5.74, 6) is 6.39. The monoisotopic (exact) mass is 295 g/mol. The van der Waals surface area contributed by atoms with Crippen LogP contribution in [0, 0.1) is 0 Å². The molecule has 0 bridgehead atoms. The Bertz CT molecular complexity index is 819. The second kappa shape index (κ2) is 5.79. The molecular weight excluding hydrogens is 278 g/mol. The lowest BCUT2D eigenvalue weighted by molar-refractivity contribution is 0.308. The van der Waals surface area contributed by atoms with Gasteiger partial charge in [-0.05, 0) is 22.4 Å². The molecule has 0 saturated carbocycles. The second-order valence-electron chi connectivity index (χ2n) is 4.92. The average Bonchev–Trinajstić information content (AvgIpc) is 2.55. The van der Waals surface area contributed by atoms with E-state index in [1.54, 1.807) is 6.07 Å². The zero-order valence-electron chi connectivity index (χ0n) is 11.9. The number of nitrogens with one attached hydrogen (secondary N) is 1. The maximum absolute atomic E-state index is 5.93. The van der Waals surface area contributed by atoms with Gasteiger partial charge in [-0.1, -0.05) is 36.4 Å². The van der Waals surface area contributed by atoms with Crippen LogP contribution >= 0.6 is 0 Å². The fraction of sp³-hybridized carbons (Fsp3) is 0.0625. The van der Waals surface area contributed by atoms with Gasteiger partial charge in [0, 0.05) is 6.07 Å². The van der Waals surface area contributed by atoms with Crippen LogP contribution in [0.25, 0.3) is 10.8 Å². The summed E-state index contributed by atoms with van der Waals surface area (Å²) in [5, 5.41) is 2.35. The highest BCUT2D eigenvalue weighted by molar-refractivity contribution is 5.83. The first kappa shape index (κ1) is 14.0. The van der Waals surface area contributed by atoms with Gasteiger partial charge in [-0.25, -0.2) is 10.8 Å². The third-order valence-corrected chi connectivity index (χ3v) is 3.39. The van der Waals surface area contributed by atoms with Gasteiger partial charge in [-0.2, -0.15) is 0 Å².